The molecule has 0 aliphatic rings. The van der Waals surface area contributed by atoms with Crippen LogP contribution in [0.4, 0.5) is 0 Å². The van der Waals surface area contributed by atoms with Gasteiger partial charge in [0.1, 0.15) is 5.60 Å². The summed E-state index contributed by atoms with van der Waals surface area (Å²) in [7, 11) is 0. The normalized spacial score (nSPS) is 11.5. The molecule has 0 heterocycles. The minimum Gasteiger partial charge on any atom is -0.485 e. The Hall–Kier alpha value is -0.400. The quantitative estimate of drug-likeness (QED) is 0.688. The van der Waals surface area contributed by atoms with E-state index in [1.54, 1.807) is 18.2 Å². The number of hydrogen-bond acceptors (Lipinski definition) is 1. The van der Waals surface area contributed by atoms with Crippen LogP contribution in [0, 0.1) is 0 Å². The van der Waals surface area contributed by atoms with Gasteiger partial charge in [-0.3, -0.25) is 0 Å². The van der Waals surface area contributed by atoms with E-state index in [0.717, 1.165) is 0 Å². The van der Waals surface area contributed by atoms with E-state index in [1.807, 2.05) is 20.8 Å². The Morgan fingerprint density at radius 3 is 1.92 bits per heavy atom. The summed E-state index contributed by atoms with van der Waals surface area (Å²) in [4.78, 5) is 0. The number of ether oxygens (including phenoxy) is 1. The molecule has 0 saturated heterocycles. The Labute approximate surface area is 88.6 Å². The molecule has 3 heteroatoms. The van der Waals surface area contributed by atoms with Gasteiger partial charge < -0.3 is 4.74 Å². The van der Waals surface area contributed by atoms with Gasteiger partial charge in [-0.2, -0.15) is 0 Å². The molecule has 0 N–H and O–H groups in total. The van der Waals surface area contributed by atoms with Crippen LogP contribution in [0.3, 0.4) is 0 Å². The van der Waals surface area contributed by atoms with Crippen molar-refractivity contribution < 1.29 is 4.74 Å². The van der Waals surface area contributed by atoms with Crippen LogP contribution in [-0.2, 0) is 0 Å². The lowest BCUT2D eigenvalue weighted by molar-refractivity contribution is 0.131. The molecule has 1 aromatic rings. The first-order valence-electron chi connectivity index (χ1n) is 4.03. The molecule has 0 radical (unpaired) electrons. The average molecular weight is 219 g/mol. The second-order valence-corrected chi connectivity index (χ2v) is 4.58. The van der Waals surface area contributed by atoms with Gasteiger partial charge in [0.25, 0.3) is 0 Å². The van der Waals surface area contributed by atoms with E-state index in [1.165, 1.54) is 0 Å². The standard InChI is InChI=1S/C10H12Cl2O/c1-10(2,3)13-9-7(11)5-4-6-8(9)12/h4-6H,1-3H3. The molecule has 0 saturated carbocycles. The van der Waals surface area contributed by atoms with E-state index >= 15 is 0 Å². The van der Waals surface area contributed by atoms with Crippen molar-refractivity contribution >= 4 is 23.2 Å². The number of hydrogen-bond donors (Lipinski definition) is 0. The van der Waals surface area contributed by atoms with Crippen molar-refractivity contribution in [3.63, 3.8) is 0 Å². The summed E-state index contributed by atoms with van der Waals surface area (Å²) in [6, 6.07) is 5.31. The molecule has 0 aliphatic heterocycles. The van der Waals surface area contributed by atoms with Crippen LogP contribution in [0.25, 0.3) is 0 Å². The van der Waals surface area contributed by atoms with E-state index in [4.69, 9.17) is 27.9 Å². The van der Waals surface area contributed by atoms with Crippen molar-refractivity contribution in [2.45, 2.75) is 26.4 Å². The van der Waals surface area contributed by atoms with Gasteiger partial charge in [0.05, 0.1) is 10.0 Å². The second-order valence-electron chi connectivity index (χ2n) is 3.77. The zero-order chi connectivity index (χ0) is 10.1. The number of benzene rings is 1. The Bertz CT molecular complexity index is 282. The third kappa shape index (κ3) is 3.09. The minimum absolute atomic E-state index is 0.283. The van der Waals surface area contributed by atoms with Crippen molar-refractivity contribution in [1.29, 1.82) is 0 Å². The van der Waals surface area contributed by atoms with Crippen LogP contribution >= 0.6 is 23.2 Å². The molecule has 0 aliphatic carbocycles. The highest BCUT2D eigenvalue weighted by atomic mass is 35.5. The van der Waals surface area contributed by atoms with Crippen LogP contribution in [0.1, 0.15) is 20.8 Å². The van der Waals surface area contributed by atoms with Gasteiger partial charge >= 0.3 is 0 Å². The maximum Gasteiger partial charge on any atom is 0.157 e. The van der Waals surface area contributed by atoms with Gasteiger partial charge in [0.15, 0.2) is 5.75 Å². The van der Waals surface area contributed by atoms with Crippen LogP contribution in [0.5, 0.6) is 5.75 Å². The fraction of sp³-hybridized carbons (Fsp3) is 0.400. The predicted molar refractivity (Wildman–Crippen MR) is 56.8 cm³/mol. The van der Waals surface area contributed by atoms with Gasteiger partial charge in [-0.05, 0) is 32.9 Å². The smallest absolute Gasteiger partial charge is 0.157 e. The Kier molecular flexibility index (Phi) is 3.09. The molecule has 1 nitrogen and oxygen atoms in total. The average Bonchev–Trinajstić information content (AvgIpc) is 1.95. The maximum absolute atomic E-state index is 5.93. The lowest BCUT2D eigenvalue weighted by Gasteiger charge is -2.22. The molecule has 72 valence electrons. The first-order valence-corrected chi connectivity index (χ1v) is 4.79. The van der Waals surface area contributed by atoms with Crippen LogP contribution in [0.15, 0.2) is 18.2 Å². The van der Waals surface area contributed by atoms with E-state index in [9.17, 15) is 0 Å². The van der Waals surface area contributed by atoms with E-state index < -0.39 is 0 Å². The van der Waals surface area contributed by atoms with Gasteiger partial charge in [-0.1, -0.05) is 29.3 Å². The number of halogens is 2. The van der Waals surface area contributed by atoms with Crippen molar-refractivity contribution in [3.05, 3.63) is 28.2 Å². The Balaban J connectivity index is 3.00. The van der Waals surface area contributed by atoms with Crippen molar-refractivity contribution in [1.82, 2.24) is 0 Å². The van der Waals surface area contributed by atoms with Gasteiger partial charge in [-0.15, -0.1) is 0 Å². The third-order valence-corrected chi connectivity index (χ3v) is 1.92. The first-order chi connectivity index (χ1) is 5.90. The largest absolute Gasteiger partial charge is 0.485 e. The molecule has 0 bridgehead atoms. The highest BCUT2D eigenvalue weighted by Gasteiger charge is 2.16. The van der Waals surface area contributed by atoms with E-state index in [2.05, 4.69) is 0 Å². The van der Waals surface area contributed by atoms with Crippen LogP contribution in [0.2, 0.25) is 10.0 Å². The van der Waals surface area contributed by atoms with Gasteiger partial charge in [0, 0.05) is 0 Å². The number of para-hydroxylation sites is 1. The van der Waals surface area contributed by atoms with Crippen molar-refractivity contribution in [3.8, 4) is 5.75 Å². The molecule has 1 aromatic carbocycles. The zero-order valence-electron chi connectivity index (χ0n) is 7.90. The molecule has 13 heavy (non-hydrogen) atoms. The van der Waals surface area contributed by atoms with Crippen molar-refractivity contribution in [2.24, 2.45) is 0 Å². The summed E-state index contributed by atoms with van der Waals surface area (Å²) in [5, 5.41) is 1.09. The highest BCUT2D eigenvalue weighted by molar-refractivity contribution is 6.37. The SMILES string of the molecule is CC(C)(C)Oc1c(Cl)cccc1Cl. The molecule has 0 aromatic heterocycles. The van der Waals surface area contributed by atoms with Crippen LogP contribution in [-0.4, -0.2) is 5.60 Å². The molecular formula is C10H12Cl2O. The molecule has 0 fully saturated rings. The Morgan fingerprint density at radius 2 is 1.54 bits per heavy atom. The third-order valence-electron chi connectivity index (χ3n) is 1.33. The van der Waals surface area contributed by atoms with Crippen molar-refractivity contribution in [2.75, 3.05) is 0 Å². The van der Waals surface area contributed by atoms with E-state index in [0.29, 0.717) is 15.8 Å². The van der Waals surface area contributed by atoms with E-state index in [-0.39, 0.29) is 5.60 Å². The summed E-state index contributed by atoms with van der Waals surface area (Å²) < 4.78 is 5.60. The molecule has 0 atom stereocenters. The molecule has 0 spiro atoms. The fourth-order valence-electron chi connectivity index (χ4n) is 0.886. The summed E-state index contributed by atoms with van der Waals surface area (Å²) in [6.45, 7) is 5.85. The summed E-state index contributed by atoms with van der Waals surface area (Å²) in [6.07, 6.45) is 0. The Morgan fingerprint density at radius 1 is 1.08 bits per heavy atom. The van der Waals surface area contributed by atoms with Gasteiger partial charge in [0.2, 0.25) is 0 Å². The summed E-state index contributed by atoms with van der Waals surface area (Å²) >= 11 is 11.9. The number of rotatable bonds is 1. The molecular weight excluding hydrogens is 207 g/mol. The summed E-state index contributed by atoms with van der Waals surface area (Å²) in [5.74, 6) is 0.554. The molecule has 0 amide bonds. The van der Waals surface area contributed by atoms with Crippen LogP contribution < -0.4 is 4.74 Å². The monoisotopic (exact) mass is 218 g/mol. The maximum atomic E-state index is 5.93. The molecule has 0 unspecified atom stereocenters. The minimum atomic E-state index is -0.283. The highest BCUT2D eigenvalue weighted by Crippen LogP contribution is 2.34. The topological polar surface area (TPSA) is 9.23 Å². The lowest BCUT2D eigenvalue weighted by atomic mass is 10.2. The summed E-state index contributed by atoms with van der Waals surface area (Å²) in [5.41, 5.74) is -0.283. The first kappa shape index (κ1) is 10.7. The van der Waals surface area contributed by atoms with Gasteiger partial charge in [-0.25, -0.2) is 0 Å². The zero-order valence-corrected chi connectivity index (χ0v) is 9.41. The fourth-order valence-corrected chi connectivity index (χ4v) is 1.36. The second kappa shape index (κ2) is 3.77. The lowest BCUT2D eigenvalue weighted by Crippen LogP contribution is -2.23. The predicted octanol–water partition coefficient (Wildman–Crippen LogP) is 4.17. The molecule has 1 rings (SSSR count).